The second-order valence-electron chi connectivity index (χ2n) is 3.49. The fraction of sp³-hybridized carbons (Fsp3) is 0.571. The maximum absolute atomic E-state index is 11.6. The molecule has 0 saturated heterocycles. The number of carbonyl (C=O) groups excluding carboxylic acids is 1. The van der Waals surface area contributed by atoms with Crippen molar-refractivity contribution >= 4 is 5.91 Å². The highest BCUT2D eigenvalue weighted by Gasteiger charge is 2.27. The van der Waals surface area contributed by atoms with Gasteiger partial charge in [-0.3, -0.25) is 9.78 Å². The molecule has 0 spiro atoms. The average molecular weight is 236 g/mol. The fourth-order valence-corrected chi connectivity index (χ4v) is 1.77. The lowest BCUT2D eigenvalue weighted by Crippen LogP contribution is -2.35. The molecule has 1 aromatic rings. The number of amides is 1. The first kappa shape index (κ1) is 15.6. The average Bonchev–Trinajstić information content (AvgIpc) is 2.41. The summed E-state index contributed by atoms with van der Waals surface area (Å²) in [6.45, 7) is 10.6. The highest BCUT2D eigenvalue weighted by atomic mass is 16.2. The van der Waals surface area contributed by atoms with Gasteiger partial charge in [0, 0.05) is 26.0 Å². The first-order chi connectivity index (χ1) is 8.20. The Morgan fingerprint density at radius 3 is 2.47 bits per heavy atom. The molecular weight excluding hydrogens is 212 g/mol. The van der Waals surface area contributed by atoms with E-state index in [4.69, 9.17) is 0 Å². The minimum absolute atomic E-state index is 0.0394. The number of hydrogen-bond donors (Lipinski definition) is 0. The number of likely N-dealkylation sites (N-methyl/N-ethyl adjacent to an activating group) is 1. The quantitative estimate of drug-likeness (QED) is 0.693. The van der Waals surface area contributed by atoms with Gasteiger partial charge in [0.25, 0.3) is 0 Å². The molecule has 0 fully saturated rings. The van der Waals surface area contributed by atoms with Crippen LogP contribution in [-0.4, -0.2) is 22.8 Å². The molecule has 1 amide bonds. The normalized spacial score (nSPS) is 17.2. The summed E-state index contributed by atoms with van der Waals surface area (Å²) in [5.41, 5.74) is 2.29. The van der Waals surface area contributed by atoms with E-state index in [1.165, 1.54) is 5.56 Å². The van der Waals surface area contributed by atoms with Crippen LogP contribution in [0.2, 0.25) is 0 Å². The van der Waals surface area contributed by atoms with Gasteiger partial charge in [0.15, 0.2) is 0 Å². The molecule has 1 aliphatic rings. The third kappa shape index (κ3) is 3.55. The van der Waals surface area contributed by atoms with Crippen molar-refractivity contribution in [1.29, 1.82) is 0 Å². The van der Waals surface area contributed by atoms with Crippen molar-refractivity contribution in [3.8, 4) is 0 Å². The van der Waals surface area contributed by atoms with E-state index >= 15 is 0 Å². The van der Waals surface area contributed by atoms with Gasteiger partial charge >= 0.3 is 0 Å². The van der Waals surface area contributed by atoms with Crippen LogP contribution in [0.15, 0.2) is 18.5 Å². The lowest BCUT2D eigenvalue weighted by Gasteiger charge is -2.29. The summed E-state index contributed by atoms with van der Waals surface area (Å²) < 4.78 is 0. The fourth-order valence-electron chi connectivity index (χ4n) is 1.77. The van der Waals surface area contributed by atoms with Crippen LogP contribution in [0.25, 0.3) is 0 Å². The number of aromatic nitrogens is 1. The van der Waals surface area contributed by atoms with Gasteiger partial charge in [-0.25, -0.2) is 0 Å². The zero-order valence-electron chi connectivity index (χ0n) is 11.8. The summed E-state index contributed by atoms with van der Waals surface area (Å²) in [4.78, 5) is 17.4. The number of carbonyl (C=O) groups is 1. The van der Waals surface area contributed by atoms with E-state index in [-0.39, 0.29) is 11.8 Å². The standard InChI is InChI=1S/C10H12N2O.2C2H6/c1-7-9-5-11-4-3-8(9)6-12(2)10(7)13;2*1-2/h3-5,7H,6H2,1-2H3;2*1-2H3. The third-order valence-electron chi connectivity index (χ3n) is 2.57. The summed E-state index contributed by atoms with van der Waals surface area (Å²) in [7, 11) is 1.84. The zero-order valence-corrected chi connectivity index (χ0v) is 11.8. The van der Waals surface area contributed by atoms with Crippen molar-refractivity contribution < 1.29 is 4.79 Å². The molecule has 2 heterocycles. The Kier molecular flexibility index (Phi) is 7.19. The summed E-state index contributed by atoms with van der Waals surface area (Å²) in [5, 5.41) is 0. The van der Waals surface area contributed by atoms with Crippen LogP contribution in [0.4, 0.5) is 0 Å². The van der Waals surface area contributed by atoms with Gasteiger partial charge in [-0.15, -0.1) is 0 Å². The lowest BCUT2D eigenvalue weighted by atomic mass is 9.93. The van der Waals surface area contributed by atoms with Crippen LogP contribution < -0.4 is 0 Å². The largest absolute Gasteiger partial charge is 0.341 e. The van der Waals surface area contributed by atoms with Crippen molar-refractivity contribution in [2.45, 2.75) is 47.1 Å². The number of hydrogen-bond acceptors (Lipinski definition) is 2. The van der Waals surface area contributed by atoms with Gasteiger partial charge in [0.1, 0.15) is 0 Å². The van der Waals surface area contributed by atoms with E-state index in [1.807, 2.05) is 47.7 Å². The van der Waals surface area contributed by atoms with E-state index in [0.29, 0.717) is 6.54 Å². The van der Waals surface area contributed by atoms with E-state index in [1.54, 1.807) is 17.3 Å². The SMILES string of the molecule is CC.CC.CC1C(=O)N(C)Cc2ccncc21. The highest BCUT2D eigenvalue weighted by Crippen LogP contribution is 2.26. The Morgan fingerprint density at radius 2 is 1.88 bits per heavy atom. The smallest absolute Gasteiger partial charge is 0.229 e. The Balaban J connectivity index is 0.000000581. The maximum atomic E-state index is 11.6. The summed E-state index contributed by atoms with van der Waals surface area (Å²) in [6, 6.07) is 1.98. The first-order valence-electron chi connectivity index (χ1n) is 6.38. The molecule has 0 aliphatic carbocycles. The second kappa shape index (κ2) is 7.82. The molecule has 3 nitrogen and oxygen atoms in total. The van der Waals surface area contributed by atoms with Gasteiger partial charge in [0.2, 0.25) is 5.91 Å². The second-order valence-corrected chi connectivity index (χ2v) is 3.49. The molecule has 1 aromatic heterocycles. The molecule has 0 aromatic carbocycles. The van der Waals surface area contributed by atoms with Crippen molar-refractivity contribution in [3.63, 3.8) is 0 Å². The molecule has 96 valence electrons. The van der Waals surface area contributed by atoms with Crippen LogP contribution in [-0.2, 0) is 11.3 Å². The molecule has 17 heavy (non-hydrogen) atoms. The predicted octanol–water partition coefficient (Wildman–Crippen LogP) is 3.21. The van der Waals surface area contributed by atoms with E-state index in [9.17, 15) is 4.79 Å². The number of rotatable bonds is 0. The molecule has 1 unspecified atom stereocenters. The highest BCUT2D eigenvalue weighted by molar-refractivity contribution is 5.85. The summed E-state index contributed by atoms with van der Waals surface area (Å²) in [5.74, 6) is 0.142. The number of pyridine rings is 1. The minimum atomic E-state index is -0.0394. The molecule has 2 rings (SSSR count). The van der Waals surface area contributed by atoms with Gasteiger partial charge < -0.3 is 4.90 Å². The van der Waals surface area contributed by atoms with Crippen molar-refractivity contribution in [2.75, 3.05) is 7.05 Å². The summed E-state index contributed by atoms with van der Waals surface area (Å²) >= 11 is 0. The lowest BCUT2D eigenvalue weighted by molar-refractivity contribution is -0.132. The Labute approximate surface area is 105 Å². The number of fused-ring (bicyclic) bond motifs is 1. The molecule has 3 heteroatoms. The molecule has 1 aliphatic heterocycles. The predicted molar refractivity (Wildman–Crippen MR) is 71.8 cm³/mol. The molecular formula is C14H24N2O. The van der Waals surface area contributed by atoms with Crippen LogP contribution in [0.1, 0.15) is 51.7 Å². The van der Waals surface area contributed by atoms with Crippen molar-refractivity contribution in [2.24, 2.45) is 0 Å². The number of nitrogens with zero attached hydrogens (tertiary/aromatic N) is 2. The molecule has 1 atom stereocenters. The zero-order chi connectivity index (χ0) is 13.4. The maximum Gasteiger partial charge on any atom is 0.229 e. The Bertz CT molecular complexity index is 350. The van der Waals surface area contributed by atoms with E-state index in [0.717, 1.165) is 5.56 Å². The van der Waals surface area contributed by atoms with Crippen molar-refractivity contribution in [1.82, 2.24) is 9.88 Å². The minimum Gasteiger partial charge on any atom is -0.341 e. The molecule has 0 N–H and O–H groups in total. The molecule has 0 radical (unpaired) electrons. The third-order valence-corrected chi connectivity index (χ3v) is 2.57. The monoisotopic (exact) mass is 236 g/mol. The summed E-state index contributed by atoms with van der Waals surface area (Å²) in [6.07, 6.45) is 3.57. The van der Waals surface area contributed by atoms with Crippen LogP contribution >= 0.6 is 0 Å². The van der Waals surface area contributed by atoms with Crippen LogP contribution in [0, 0.1) is 0 Å². The molecule has 0 saturated carbocycles. The van der Waals surface area contributed by atoms with Gasteiger partial charge in [-0.1, -0.05) is 27.7 Å². The van der Waals surface area contributed by atoms with Crippen molar-refractivity contribution in [3.05, 3.63) is 29.6 Å². The van der Waals surface area contributed by atoms with Gasteiger partial charge in [-0.05, 0) is 24.1 Å². The Morgan fingerprint density at radius 1 is 1.29 bits per heavy atom. The van der Waals surface area contributed by atoms with E-state index in [2.05, 4.69) is 4.98 Å². The van der Waals surface area contributed by atoms with Crippen LogP contribution in [0.5, 0.6) is 0 Å². The molecule has 0 bridgehead atoms. The Hall–Kier alpha value is -1.38. The topological polar surface area (TPSA) is 33.2 Å². The van der Waals surface area contributed by atoms with E-state index < -0.39 is 0 Å². The first-order valence-corrected chi connectivity index (χ1v) is 6.38. The van der Waals surface area contributed by atoms with Crippen LogP contribution in [0.3, 0.4) is 0 Å². The van der Waals surface area contributed by atoms with Gasteiger partial charge in [0.05, 0.1) is 5.92 Å². The van der Waals surface area contributed by atoms with Gasteiger partial charge in [-0.2, -0.15) is 0 Å².